The van der Waals surface area contributed by atoms with Gasteiger partial charge in [-0.3, -0.25) is 9.36 Å². The topological polar surface area (TPSA) is 34.0 Å². The van der Waals surface area contributed by atoms with Crippen LogP contribution < -0.4 is 10.9 Å². The first kappa shape index (κ1) is 14.0. The first-order chi connectivity index (χ1) is 8.72. The maximum atomic E-state index is 12.7. The molecule has 0 radical (unpaired) electrons. The van der Waals surface area contributed by atoms with Gasteiger partial charge in [-0.15, -0.1) is 0 Å². The Hall–Kier alpha value is -2.10. The lowest BCUT2D eigenvalue weighted by Gasteiger charge is -2.07. The summed E-state index contributed by atoms with van der Waals surface area (Å²) in [7, 11) is 1.69. The van der Waals surface area contributed by atoms with E-state index in [0.29, 0.717) is 11.4 Å². The lowest BCUT2D eigenvalue weighted by atomic mass is 10.3. The van der Waals surface area contributed by atoms with Gasteiger partial charge in [-0.25, -0.2) is 4.39 Å². The first-order valence-corrected chi connectivity index (χ1v) is 5.88. The predicted molar refractivity (Wildman–Crippen MR) is 72.9 cm³/mol. The molecule has 1 heterocycles. The molecule has 1 aromatic heterocycles. The fourth-order valence-electron chi connectivity index (χ4n) is 1.49. The average Bonchev–Trinajstić information content (AvgIpc) is 2.42. The van der Waals surface area contributed by atoms with Crippen LogP contribution in [0.4, 0.5) is 10.1 Å². The number of rotatable bonds is 2. The number of hydrogen-bond acceptors (Lipinski definition) is 2. The van der Waals surface area contributed by atoms with Gasteiger partial charge in [0.15, 0.2) is 0 Å². The van der Waals surface area contributed by atoms with Gasteiger partial charge >= 0.3 is 0 Å². The summed E-state index contributed by atoms with van der Waals surface area (Å²) in [5, 5.41) is 2.81. The third-order valence-corrected chi connectivity index (χ3v) is 2.32. The van der Waals surface area contributed by atoms with Crippen LogP contribution in [0.5, 0.6) is 0 Å². The highest BCUT2D eigenvalue weighted by Gasteiger charge is 2.02. The summed E-state index contributed by atoms with van der Waals surface area (Å²) in [5.74, 6) is -0.318. The van der Waals surface area contributed by atoms with E-state index >= 15 is 0 Å². The molecule has 3 nitrogen and oxygen atoms in total. The van der Waals surface area contributed by atoms with Gasteiger partial charge in [0.05, 0.1) is 0 Å². The maximum Gasteiger partial charge on any atom is 0.278 e. The van der Waals surface area contributed by atoms with Crippen molar-refractivity contribution in [3.63, 3.8) is 0 Å². The summed E-state index contributed by atoms with van der Waals surface area (Å²) in [6.45, 7) is 4.00. The molecule has 2 rings (SSSR count). The Labute approximate surface area is 106 Å². The summed E-state index contributed by atoms with van der Waals surface area (Å²) < 4.78 is 14.2. The maximum absolute atomic E-state index is 12.7. The molecule has 4 heteroatoms. The zero-order valence-corrected chi connectivity index (χ0v) is 10.8. The number of nitrogens with one attached hydrogen (secondary N) is 1. The lowest BCUT2D eigenvalue weighted by molar-refractivity contribution is 0.627. The minimum Gasteiger partial charge on any atom is -0.384 e. The summed E-state index contributed by atoms with van der Waals surface area (Å²) in [6.07, 6.45) is 1.65. The van der Waals surface area contributed by atoms with Crippen molar-refractivity contribution >= 4 is 5.69 Å². The van der Waals surface area contributed by atoms with Gasteiger partial charge in [-0.1, -0.05) is 13.8 Å². The van der Waals surface area contributed by atoms with Crippen LogP contribution in [0.25, 0.3) is 5.69 Å². The molecule has 0 bridgehead atoms. The highest BCUT2D eigenvalue weighted by atomic mass is 19.1. The van der Waals surface area contributed by atoms with Crippen LogP contribution in [-0.2, 0) is 0 Å². The van der Waals surface area contributed by atoms with E-state index in [1.54, 1.807) is 37.5 Å². The molecule has 0 fully saturated rings. The van der Waals surface area contributed by atoms with Gasteiger partial charge in [0.25, 0.3) is 5.56 Å². The average molecular weight is 248 g/mol. The van der Waals surface area contributed by atoms with Crippen LogP contribution in [0.3, 0.4) is 0 Å². The number of hydrogen-bond donors (Lipinski definition) is 1. The molecule has 96 valence electrons. The number of aromatic nitrogens is 1. The minimum atomic E-state index is -0.318. The monoisotopic (exact) mass is 248 g/mol. The molecule has 0 saturated carbocycles. The Balaban J connectivity index is 0.000000771. The van der Waals surface area contributed by atoms with Crippen molar-refractivity contribution in [1.29, 1.82) is 0 Å². The van der Waals surface area contributed by atoms with E-state index in [1.165, 1.54) is 16.7 Å². The number of pyridine rings is 1. The van der Waals surface area contributed by atoms with Gasteiger partial charge in [-0.2, -0.15) is 0 Å². The fraction of sp³-hybridized carbons (Fsp3) is 0.214. The van der Waals surface area contributed by atoms with E-state index in [9.17, 15) is 9.18 Å². The van der Waals surface area contributed by atoms with Crippen LogP contribution in [0.1, 0.15) is 13.8 Å². The summed E-state index contributed by atoms with van der Waals surface area (Å²) in [6, 6.07) is 9.24. The summed E-state index contributed by atoms with van der Waals surface area (Å²) >= 11 is 0. The van der Waals surface area contributed by atoms with Gasteiger partial charge in [0.2, 0.25) is 0 Å². The summed E-state index contributed by atoms with van der Waals surface area (Å²) in [4.78, 5) is 11.9. The Morgan fingerprint density at radius 1 is 1.11 bits per heavy atom. The van der Waals surface area contributed by atoms with Crippen LogP contribution >= 0.6 is 0 Å². The third-order valence-electron chi connectivity index (χ3n) is 2.32. The smallest absolute Gasteiger partial charge is 0.278 e. The molecular weight excluding hydrogens is 231 g/mol. The van der Waals surface area contributed by atoms with Crippen molar-refractivity contribution in [3.8, 4) is 5.69 Å². The molecule has 0 aliphatic heterocycles. The second kappa shape index (κ2) is 6.59. The zero-order valence-electron chi connectivity index (χ0n) is 10.8. The van der Waals surface area contributed by atoms with E-state index in [0.717, 1.165) is 0 Å². The molecule has 0 aliphatic rings. The Bertz CT molecular complexity index is 546. The molecule has 2 aromatic rings. The highest BCUT2D eigenvalue weighted by Crippen LogP contribution is 2.08. The Morgan fingerprint density at radius 3 is 2.28 bits per heavy atom. The molecule has 0 aliphatic carbocycles. The van der Waals surface area contributed by atoms with Crippen LogP contribution in [-0.4, -0.2) is 11.6 Å². The van der Waals surface area contributed by atoms with E-state index in [1.807, 2.05) is 13.8 Å². The van der Waals surface area contributed by atoms with Crippen molar-refractivity contribution < 1.29 is 4.39 Å². The van der Waals surface area contributed by atoms with E-state index in [-0.39, 0.29) is 11.4 Å². The van der Waals surface area contributed by atoms with Crippen molar-refractivity contribution in [2.45, 2.75) is 13.8 Å². The van der Waals surface area contributed by atoms with Gasteiger partial charge in [-0.05, 0) is 36.4 Å². The highest BCUT2D eigenvalue weighted by molar-refractivity contribution is 5.43. The normalized spacial score (nSPS) is 9.33. The lowest BCUT2D eigenvalue weighted by Crippen LogP contribution is -2.20. The van der Waals surface area contributed by atoms with Crippen molar-refractivity contribution in [3.05, 3.63) is 58.8 Å². The molecular formula is C14H17FN2O. The summed E-state index contributed by atoms with van der Waals surface area (Å²) in [5.41, 5.74) is 0.993. The largest absolute Gasteiger partial charge is 0.384 e. The van der Waals surface area contributed by atoms with Crippen LogP contribution in [0, 0.1) is 5.82 Å². The fourth-order valence-corrected chi connectivity index (χ4v) is 1.49. The second-order valence-corrected chi connectivity index (χ2v) is 3.32. The number of halogens is 1. The SMILES string of the molecule is CC.CNc1cccn(-c2ccc(F)cc2)c1=O. The zero-order chi connectivity index (χ0) is 13.5. The molecule has 1 N–H and O–H groups in total. The molecule has 0 spiro atoms. The number of anilines is 1. The molecule has 0 unspecified atom stereocenters. The Morgan fingerprint density at radius 2 is 1.72 bits per heavy atom. The van der Waals surface area contributed by atoms with E-state index in [4.69, 9.17) is 0 Å². The van der Waals surface area contributed by atoms with Crippen LogP contribution in [0.15, 0.2) is 47.4 Å². The second-order valence-electron chi connectivity index (χ2n) is 3.32. The molecule has 18 heavy (non-hydrogen) atoms. The number of nitrogens with zero attached hydrogens (tertiary/aromatic N) is 1. The number of benzene rings is 1. The first-order valence-electron chi connectivity index (χ1n) is 5.88. The van der Waals surface area contributed by atoms with Gasteiger partial charge < -0.3 is 5.32 Å². The molecule has 1 aromatic carbocycles. The molecule has 0 amide bonds. The quantitative estimate of drug-likeness (QED) is 0.886. The van der Waals surface area contributed by atoms with Crippen molar-refractivity contribution in [1.82, 2.24) is 4.57 Å². The van der Waals surface area contributed by atoms with E-state index < -0.39 is 0 Å². The molecule has 0 atom stereocenters. The third kappa shape index (κ3) is 2.97. The Kier molecular flexibility index (Phi) is 5.11. The van der Waals surface area contributed by atoms with Crippen LogP contribution in [0.2, 0.25) is 0 Å². The molecule has 0 saturated heterocycles. The van der Waals surface area contributed by atoms with Crippen molar-refractivity contribution in [2.24, 2.45) is 0 Å². The van der Waals surface area contributed by atoms with Crippen molar-refractivity contribution in [2.75, 3.05) is 12.4 Å². The van der Waals surface area contributed by atoms with E-state index in [2.05, 4.69) is 5.32 Å². The standard InChI is InChI=1S/C12H11FN2O.C2H6/c1-14-11-3-2-8-15(12(11)16)10-6-4-9(13)5-7-10;1-2/h2-8,14H,1H3;1-2H3. The minimum absolute atomic E-state index is 0.156. The van der Waals surface area contributed by atoms with Gasteiger partial charge in [0.1, 0.15) is 11.5 Å². The van der Waals surface area contributed by atoms with Gasteiger partial charge in [0, 0.05) is 18.9 Å². The predicted octanol–water partition coefficient (Wildman–Crippen LogP) is 3.04.